The van der Waals surface area contributed by atoms with E-state index in [0.29, 0.717) is 12.1 Å². The second-order valence-corrected chi connectivity index (χ2v) is 9.22. The summed E-state index contributed by atoms with van der Waals surface area (Å²) in [5, 5.41) is 2.16. The van der Waals surface area contributed by atoms with Gasteiger partial charge >= 0.3 is 0 Å². The van der Waals surface area contributed by atoms with E-state index in [1.807, 2.05) is 0 Å². The monoisotopic (exact) mass is 410 g/mol. The number of likely N-dealkylation sites (tertiary alicyclic amines) is 1. The van der Waals surface area contributed by atoms with E-state index in [1.165, 1.54) is 35.3 Å². The average molecular weight is 411 g/mol. The van der Waals surface area contributed by atoms with Crippen LogP contribution in [-0.4, -0.2) is 64.4 Å². The fraction of sp³-hybridized carbons (Fsp3) is 0.545. The van der Waals surface area contributed by atoms with Gasteiger partial charge < -0.3 is 14.8 Å². The minimum absolute atomic E-state index is 0.308. The number of hydrogen-bond acceptors (Lipinski definition) is 6. The van der Waals surface area contributed by atoms with Crippen LogP contribution in [0.25, 0.3) is 11.0 Å². The molecule has 0 saturated carbocycles. The van der Waals surface area contributed by atoms with Crippen LogP contribution in [-0.2, 0) is 0 Å². The Balaban J connectivity index is 1.46. The maximum Gasteiger partial charge on any atom is 0.124 e. The third-order valence-corrected chi connectivity index (χ3v) is 7.47. The molecule has 29 heavy (non-hydrogen) atoms. The smallest absolute Gasteiger partial charge is 0.124 e. The first-order chi connectivity index (χ1) is 14.1. The van der Waals surface area contributed by atoms with Gasteiger partial charge in [-0.3, -0.25) is 4.90 Å². The second-order valence-electron chi connectivity index (χ2n) is 8.59. The summed E-state index contributed by atoms with van der Waals surface area (Å²) in [6.07, 6.45) is 3.52. The number of rotatable bonds is 3. The normalized spacial score (nSPS) is 24.4. The maximum absolute atomic E-state index is 5.04. The molecule has 0 spiro atoms. The standard InChI is InChI=1S/C22H30N6S/c1-15-14-29-25-20(15)17-7-5-9-19(27(17)3)22-23-16-6-4-8-18(21(16)24-22)28-12-10-26(2)11-13-28/h4,6,8,14,17,19H,5,7,9-13H2,1-3H3,(H,23,24)/t17-,19+/m0/s1. The SMILES string of the molecule is Cc1csnc1[C@@H]1CCC[C@H](c2nc3cccc(N4CCN(C)CC4)c3[nH]2)N1C. The van der Waals surface area contributed by atoms with Gasteiger partial charge in [-0.25, -0.2) is 4.98 Å². The summed E-state index contributed by atoms with van der Waals surface area (Å²) in [4.78, 5) is 16.1. The molecule has 6 nitrogen and oxygen atoms in total. The number of para-hydroxylation sites is 1. The van der Waals surface area contributed by atoms with E-state index in [1.54, 1.807) is 11.5 Å². The minimum Gasteiger partial charge on any atom is -0.367 e. The van der Waals surface area contributed by atoms with Crippen molar-refractivity contribution in [3.05, 3.63) is 40.7 Å². The van der Waals surface area contributed by atoms with E-state index < -0.39 is 0 Å². The van der Waals surface area contributed by atoms with Gasteiger partial charge in [-0.1, -0.05) is 6.07 Å². The third kappa shape index (κ3) is 3.45. The lowest BCUT2D eigenvalue weighted by atomic mass is 9.92. The molecular formula is C22H30N6S. The number of nitrogens with one attached hydrogen (secondary N) is 1. The number of benzene rings is 1. The molecule has 2 fully saturated rings. The van der Waals surface area contributed by atoms with Crippen LogP contribution < -0.4 is 4.90 Å². The minimum atomic E-state index is 0.308. The first-order valence-electron chi connectivity index (χ1n) is 10.7. The molecule has 5 rings (SSSR count). The molecule has 2 aliphatic heterocycles. The Bertz CT molecular complexity index is 986. The van der Waals surface area contributed by atoms with Crippen LogP contribution >= 0.6 is 11.5 Å². The van der Waals surface area contributed by atoms with E-state index in [4.69, 9.17) is 9.36 Å². The molecule has 2 atom stereocenters. The zero-order valence-electron chi connectivity index (χ0n) is 17.6. The topological polar surface area (TPSA) is 51.3 Å². The summed E-state index contributed by atoms with van der Waals surface area (Å²) in [7, 11) is 4.44. The highest BCUT2D eigenvalue weighted by molar-refractivity contribution is 7.03. The van der Waals surface area contributed by atoms with Crippen molar-refractivity contribution in [2.45, 2.75) is 38.3 Å². The highest BCUT2D eigenvalue weighted by atomic mass is 32.1. The van der Waals surface area contributed by atoms with Crippen molar-refractivity contribution in [2.75, 3.05) is 45.2 Å². The molecule has 2 saturated heterocycles. The van der Waals surface area contributed by atoms with Crippen LogP contribution in [0.1, 0.15) is 48.4 Å². The molecule has 4 heterocycles. The Hall–Kier alpha value is -1.96. The van der Waals surface area contributed by atoms with E-state index in [9.17, 15) is 0 Å². The Morgan fingerprint density at radius 2 is 1.86 bits per heavy atom. The van der Waals surface area contributed by atoms with Crippen molar-refractivity contribution in [1.29, 1.82) is 0 Å². The maximum atomic E-state index is 5.04. The van der Waals surface area contributed by atoms with E-state index >= 15 is 0 Å². The highest BCUT2D eigenvalue weighted by Gasteiger charge is 2.33. The van der Waals surface area contributed by atoms with Gasteiger partial charge in [0.25, 0.3) is 0 Å². The number of likely N-dealkylation sites (N-methyl/N-ethyl adjacent to an activating group) is 1. The number of aryl methyl sites for hydroxylation is 1. The first kappa shape index (κ1) is 19.0. The molecule has 0 bridgehead atoms. The summed E-state index contributed by atoms with van der Waals surface area (Å²) < 4.78 is 4.70. The van der Waals surface area contributed by atoms with Crippen LogP contribution in [0.5, 0.6) is 0 Å². The van der Waals surface area contributed by atoms with Crippen LogP contribution in [0.15, 0.2) is 23.6 Å². The van der Waals surface area contributed by atoms with Crippen molar-refractivity contribution in [2.24, 2.45) is 0 Å². The van der Waals surface area contributed by atoms with Gasteiger partial charge in [0.05, 0.1) is 34.5 Å². The quantitative estimate of drug-likeness (QED) is 0.708. The fourth-order valence-electron chi connectivity index (χ4n) is 4.91. The van der Waals surface area contributed by atoms with E-state index in [0.717, 1.165) is 43.9 Å². The number of imidazole rings is 1. The number of anilines is 1. The summed E-state index contributed by atoms with van der Waals surface area (Å²) in [5.74, 6) is 1.10. The van der Waals surface area contributed by atoms with Crippen LogP contribution in [0.4, 0.5) is 5.69 Å². The Kier molecular flexibility index (Phi) is 5.05. The van der Waals surface area contributed by atoms with Gasteiger partial charge in [-0.15, -0.1) is 0 Å². The number of aromatic amines is 1. The highest BCUT2D eigenvalue weighted by Crippen LogP contribution is 2.41. The lowest BCUT2D eigenvalue weighted by Gasteiger charge is -2.38. The fourth-order valence-corrected chi connectivity index (χ4v) is 5.62. The first-order valence-corrected chi connectivity index (χ1v) is 11.5. The molecule has 2 aliphatic rings. The molecular weight excluding hydrogens is 380 g/mol. The zero-order chi connectivity index (χ0) is 20.0. The van der Waals surface area contributed by atoms with Gasteiger partial charge in [-0.2, -0.15) is 4.37 Å². The largest absolute Gasteiger partial charge is 0.367 e. The summed E-state index contributed by atoms with van der Waals surface area (Å²) in [6, 6.07) is 7.21. The summed E-state index contributed by atoms with van der Waals surface area (Å²) in [6.45, 7) is 6.53. The van der Waals surface area contributed by atoms with E-state index in [2.05, 4.69) is 64.3 Å². The Morgan fingerprint density at radius 3 is 2.62 bits per heavy atom. The molecule has 0 amide bonds. The van der Waals surface area contributed by atoms with Crippen molar-refractivity contribution in [1.82, 2.24) is 24.1 Å². The van der Waals surface area contributed by atoms with Gasteiger partial charge in [0, 0.05) is 31.6 Å². The lowest BCUT2D eigenvalue weighted by molar-refractivity contribution is 0.107. The zero-order valence-corrected chi connectivity index (χ0v) is 18.4. The predicted molar refractivity (Wildman–Crippen MR) is 120 cm³/mol. The average Bonchev–Trinajstić information content (AvgIpc) is 3.35. The van der Waals surface area contributed by atoms with Gasteiger partial charge in [0.2, 0.25) is 0 Å². The number of H-pyrrole nitrogens is 1. The molecule has 3 aromatic rings. The van der Waals surface area contributed by atoms with Crippen molar-refractivity contribution in [3.63, 3.8) is 0 Å². The van der Waals surface area contributed by atoms with Gasteiger partial charge in [0.1, 0.15) is 5.82 Å². The number of hydrogen-bond donors (Lipinski definition) is 1. The number of piperidine rings is 1. The van der Waals surface area contributed by atoms with Gasteiger partial charge in [-0.05, 0) is 69.5 Å². The Labute approximate surface area is 176 Å². The molecule has 7 heteroatoms. The van der Waals surface area contributed by atoms with Crippen LogP contribution in [0.3, 0.4) is 0 Å². The van der Waals surface area contributed by atoms with Crippen LogP contribution in [0, 0.1) is 6.92 Å². The molecule has 2 aromatic heterocycles. The predicted octanol–water partition coefficient (Wildman–Crippen LogP) is 3.98. The number of fused-ring (bicyclic) bond motifs is 1. The van der Waals surface area contributed by atoms with Gasteiger partial charge in [0.15, 0.2) is 0 Å². The lowest BCUT2D eigenvalue weighted by Crippen LogP contribution is -2.44. The number of aromatic nitrogens is 3. The van der Waals surface area contributed by atoms with E-state index in [-0.39, 0.29) is 0 Å². The molecule has 1 N–H and O–H groups in total. The van der Waals surface area contributed by atoms with Crippen LogP contribution in [0.2, 0.25) is 0 Å². The molecule has 0 radical (unpaired) electrons. The molecule has 0 unspecified atom stereocenters. The summed E-state index contributed by atoms with van der Waals surface area (Å²) >= 11 is 1.57. The number of nitrogens with zero attached hydrogens (tertiary/aromatic N) is 5. The van der Waals surface area contributed by atoms with Crippen molar-refractivity contribution < 1.29 is 0 Å². The molecule has 1 aromatic carbocycles. The summed E-state index contributed by atoms with van der Waals surface area (Å²) in [5.41, 5.74) is 6.12. The molecule has 154 valence electrons. The number of piperazine rings is 1. The second kappa shape index (κ2) is 7.70. The van der Waals surface area contributed by atoms with Crippen molar-refractivity contribution >= 4 is 28.3 Å². The Morgan fingerprint density at radius 1 is 1.07 bits per heavy atom. The van der Waals surface area contributed by atoms with Crippen molar-refractivity contribution in [3.8, 4) is 0 Å². The third-order valence-electron chi connectivity index (χ3n) is 6.71. The molecule has 0 aliphatic carbocycles.